The SMILES string of the molecule is COc1ccccc1CC[Si](Cl)(Cl)Cl. The Hall–Kier alpha value is 0.107. The molecule has 5 heteroatoms. The predicted molar refractivity (Wildman–Crippen MR) is 64.8 cm³/mol. The van der Waals surface area contributed by atoms with Crippen LogP contribution < -0.4 is 4.74 Å². The fourth-order valence-electron chi connectivity index (χ4n) is 1.19. The van der Waals surface area contributed by atoms with Crippen molar-refractivity contribution in [1.29, 1.82) is 0 Å². The Morgan fingerprint density at radius 3 is 2.43 bits per heavy atom. The average Bonchev–Trinajstić information content (AvgIpc) is 2.14. The smallest absolute Gasteiger partial charge is 0.341 e. The molecule has 0 spiro atoms. The fourth-order valence-corrected chi connectivity index (χ4v) is 2.59. The maximum atomic E-state index is 5.81. The third-order valence-corrected chi connectivity index (χ3v) is 4.39. The number of ether oxygens (including phenoxy) is 1. The van der Waals surface area contributed by atoms with Crippen LogP contribution in [0.15, 0.2) is 24.3 Å². The highest BCUT2D eigenvalue weighted by molar-refractivity contribution is 7.64. The number of aryl methyl sites for hydroxylation is 1. The van der Waals surface area contributed by atoms with Crippen LogP contribution in [0.4, 0.5) is 0 Å². The molecule has 0 N–H and O–H groups in total. The van der Waals surface area contributed by atoms with Gasteiger partial charge in [-0.15, -0.1) is 33.2 Å². The van der Waals surface area contributed by atoms with E-state index in [0.717, 1.165) is 17.7 Å². The van der Waals surface area contributed by atoms with Gasteiger partial charge < -0.3 is 4.74 Å². The second-order valence-electron chi connectivity index (χ2n) is 2.93. The van der Waals surface area contributed by atoms with Crippen molar-refractivity contribution in [3.8, 4) is 5.75 Å². The fraction of sp³-hybridized carbons (Fsp3) is 0.333. The van der Waals surface area contributed by atoms with Crippen molar-refractivity contribution in [1.82, 2.24) is 0 Å². The first-order valence-corrected chi connectivity index (χ1v) is 9.46. The minimum atomic E-state index is -2.51. The summed E-state index contributed by atoms with van der Waals surface area (Å²) in [5, 5.41) is 0. The summed E-state index contributed by atoms with van der Waals surface area (Å²) < 4.78 is 5.20. The summed E-state index contributed by atoms with van der Waals surface area (Å²) in [6.07, 6.45) is 0.757. The number of halogens is 3. The molecule has 1 nitrogen and oxygen atoms in total. The second-order valence-corrected chi connectivity index (χ2v) is 12.2. The van der Waals surface area contributed by atoms with Crippen molar-refractivity contribution in [2.24, 2.45) is 0 Å². The molecule has 0 amide bonds. The number of hydrogen-bond acceptors (Lipinski definition) is 1. The van der Waals surface area contributed by atoms with Crippen LogP contribution in [0.2, 0.25) is 6.04 Å². The largest absolute Gasteiger partial charge is 0.496 e. The molecule has 0 fully saturated rings. The Morgan fingerprint density at radius 2 is 1.86 bits per heavy atom. The molecule has 1 rings (SSSR count). The van der Waals surface area contributed by atoms with Crippen LogP contribution in [0.25, 0.3) is 0 Å². The Kier molecular flexibility index (Phi) is 4.58. The van der Waals surface area contributed by atoms with Crippen molar-refractivity contribution in [2.75, 3.05) is 7.11 Å². The summed E-state index contributed by atoms with van der Waals surface area (Å²) in [5.41, 5.74) is 1.09. The normalized spacial score (nSPS) is 11.4. The Bertz CT molecular complexity index is 298. The number of benzene rings is 1. The van der Waals surface area contributed by atoms with Gasteiger partial charge in [-0.05, 0) is 24.1 Å². The molecular formula is C9H11Cl3OSi. The lowest BCUT2D eigenvalue weighted by Gasteiger charge is -2.10. The molecule has 0 saturated carbocycles. The Morgan fingerprint density at radius 1 is 1.21 bits per heavy atom. The van der Waals surface area contributed by atoms with E-state index in [-0.39, 0.29) is 0 Å². The topological polar surface area (TPSA) is 9.23 Å². The first-order chi connectivity index (χ1) is 6.53. The van der Waals surface area contributed by atoms with Crippen LogP contribution in [0.3, 0.4) is 0 Å². The van der Waals surface area contributed by atoms with Gasteiger partial charge in [-0.25, -0.2) is 0 Å². The summed E-state index contributed by atoms with van der Waals surface area (Å²) in [5.74, 6) is 0.857. The van der Waals surface area contributed by atoms with Gasteiger partial charge in [-0.3, -0.25) is 0 Å². The zero-order chi connectivity index (χ0) is 10.6. The predicted octanol–water partition coefficient (Wildman–Crippen LogP) is 3.89. The van der Waals surface area contributed by atoms with E-state index in [1.807, 2.05) is 24.3 Å². The van der Waals surface area contributed by atoms with E-state index in [9.17, 15) is 0 Å². The molecule has 0 bridgehead atoms. The zero-order valence-corrected chi connectivity index (χ0v) is 11.0. The summed E-state index contributed by atoms with van der Waals surface area (Å²) in [4.78, 5) is 0. The zero-order valence-electron chi connectivity index (χ0n) is 7.77. The van der Waals surface area contributed by atoms with E-state index in [4.69, 9.17) is 38.0 Å². The van der Waals surface area contributed by atoms with Gasteiger partial charge in [0.05, 0.1) is 7.11 Å². The van der Waals surface area contributed by atoms with Crippen molar-refractivity contribution in [3.63, 3.8) is 0 Å². The Labute approximate surface area is 99.0 Å². The summed E-state index contributed by atoms with van der Waals surface area (Å²) >= 11 is 17.4. The molecule has 0 unspecified atom stereocenters. The van der Waals surface area contributed by atoms with E-state index in [1.165, 1.54) is 0 Å². The van der Waals surface area contributed by atoms with Gasteiger partial charge in [0.15, 0.2) is 0 Å². The minimum Gasteiger partial charge on any atom is -0.496 e. The molecule has 1 aromatic carbocycles. The van der Waals surface area contributed by atoms with Crippen LogP contribution in [0.5, 0.6) is 5.75 Å². The molecule has 0 heterocycles. The number of methoxy groups -OCH3 is 1. The van der Waals surface area contributed by atoms with Crippen molar-refractivity contribution in [3.05, 3.63) is 29.8 Å². The van der Waals surface area contributed by atoms with Crippen LogP contribution in [-0.4, -0.2) is 13.1 Å². The highest BCUT2D eigenvalue weighted by Crippen LogP contribution is 2.29. The van der Waals surface area contributed by atoms with Gasteiger partial charge in [0.1, 0.15) is 5.75 Å². The first kappa shape index (κ1) is 12.2. The molecule has 0 radical (unpaired) electrons. The van der Waals surface area contributed by atoms with E-state index in [1.54, 1.807) is 7.11 Å². The third kappa shape index (κ3) is 4.09. The van der Waals surface area contributed by atoms with E-state index in [2.05, 4.69) is 0 Å². The van der Waals surface area contributed by atoms with Crippen LogP contribution in [-0.2, 0) is 6.42 Å². The molecule has 0 atom stereocenters. The van der Waals surface area contributed by atoms with Gasteiger partial charge in [0.25, 0.3) is 0 Å². The standard InChI is InChI=1S/C9H11Cl3OSi/c1-13-9-5-3-2-4-8(9)6-7-14(10,11)12/h2-5H,6-7H2,1H3. The van der Waals surface area contributed by atoms with Gasteiger partial charge >= 0.3 is 6.00 Å². The lowest BCUT2D eigenvalue weighted by Crippen LogP contribution is -2.10. The molecule has 0 saturated heterocycles. The second kappa shape index (κ2) is 5.26. The molecule has 0 aliphatic carbocycles. The average molecular weight is 270 g/mol. The van der Waals surface area contributed by atoms with Crippen molar-refractivity contribution in [2.45, 2.75) is 12.5 Å². The molecule has 14 heavy (non-hydrogen) atoms. The highest BCUT2D eigenvalue weighted by Gasteiger charge is 2.24. The van der Waals surface area contributed by atoms with Crippen molar-refractivity contribution < 1.29 is 4.74 Å². The van der Waals surface area contributed by atoms with Gasteiger partial charge in [0, 0.05) is 0 Å². The highest BCUT2D eigenvalue weighted by atomic mass is 35.8. The number of hydrogen-bond donors (Lipinski definition) is 0. The maximum Gasteiger partial charge on any atom is 0.341 e. The van der Waals surface area contributed by atoms with Crippen LogP contribution in [0, 0.1) is 0 Å². The Balaban J connectivity index is 2.67. The van der Waals surface area contributed by atoms with Gasteiger partial charge in [0.2, 0.25) is 0 Å². The molecule has 0 aliphatic rings. The third-order valence-electron chi connectivity index (χ3n) is 1.87. The van der Waals surface area contributed by atoms with Crippen LogP contribution in [0.1, 0.15) is 5.56 Å². The molecular weight excluding hydrogens is 259 g/mol. The number of rotatable bonds is 4. The monoisotopic (exact) mass is 268 g/mol. The lowest BCUT2D eigenvalue weighted by atomic mass is 10.1. The summed E-state index contributed by atoms with van der Waals surface area (Å²) in [6, 6.07) is 5.89. The van der Waals surface area contributed by atoms with Crippen LogP contribution >= 0.6 is 33.2 Å². The molecule has 0 aromatic heterocycles. The first-order valence-electron chi connectivity index (χ1n) is 4.21. The minimum absolute atomic E-state index is 0.623. The number of para-hydroxylation sites is 1. The van der Waals surface area contributed by atoms with E-state index >= 15 is 0 Å². The maximum absolute atomic E-state index is 5.81. The molecule has 78 valence electrons. The summed E-state index contributed by atoms with van der Waals surface area (Å²) in [6.45, 7) is 0. The van der Waals surface area contributed by atoms with Gasteiger partial charge in [-0.2, -0.15) is 0 Å². The quantitative estimate of drug-likeness (QED) is 0.595. The van der Waals surface area contributed by atoms with Gasteiger partial charge in [-0.1, -0.05) is 18.2 Å². The lowest BCUT2D eigenvalue weighted by molar-refractivity contribution is 0.410. The molecule has 1 aromatic rings. The molecule has 0 aliphatic heterocycles. The van der Waals surface area contributed by atoms with Crippen molar-refractivity contribution >= 4 is 39.2 Å². The van der Waals surface area contributed by atoms with E-state index < -0.39 is 6.00 Å². The van der Waals surface area contributed by atoms with E-state index in [0.29, 0.717) is 6.04 Å². The summed E-state index contributed by atoms with van der Waals surface area (Å²) in [7, 11) is 1.64.